The predicted octanol–water partition coefficient (Wildman–Crippen LogP) is 8.25. The molecule has 4 aromatic heterocycles. The Morgan fingerprint density at radius 3 is 2.22 bits per heavy atom. The first kappa shape index (κ1) is 22.3. The Morgan fingerprint density at radius 1 is 0.565 bits per heavy atom. The van der Waals surface area contributed by atoms with Crippen molar-refractivity contribution in [1.29, 1.82) is 0 Å². The van der Waals surface area contributed by atoms with Gasteiger partial charge in [-0.1, -0.05) is 54.6 Å². The van der Waals surface area contributed by atoms with Crippen molar-refractivity contribution in [2.24, 2.45) is 0 Å². The maximum Gasteiger partial charge on any atom is 0.319 e. The molecule has 5 heteroatoms. The summed E-state index contributed by atoms with van der Waals surface area (Å²) in [6.45, 7) is 0. The molecular formula is C41H22N4O+2. The maximum absolute atomic E-state index is 6.98. The van der Waals surface area contributed by atoms with Crippen molar-refractivity contribution >= 4 is 70.9 Å². The average Bonchev–Trinajstić information content (AvgIpc) is 3.74. The van der Waals surface area contributed by atoms with Gasteiger partial charge in [-0.25, -0.2) is 0 Å². The SMILES string of the molecule is c1cc[n+]2c(c1)-n1c3ccccc3c3ccc4c(c31)C21c2c(ccc3c5cc6ccccc6cc5n5c6ccccc6[n+]1c5c23)O4. The fraction of sp³-hybridized carbons (Fsp3) is 0.0244. The van der Waals surface area contributed by atoms with Gasteiger partial charge in [-0.15, -0.1) is 0 Å². The first-order valence-electron chi connectivity index (χ1n) is 15.9. The van der Waals surface area contributed by atoms with Crippen LogP contribution in [-0.4, -0.2) is 8.97 Å². The number of pyridine rings is 2. The lowest BCUT2D eigenvalue weighted by molar-refractivity contribution is -0.946. The van der Waals surface area contributed by atoms with Crippen LogP contribution >= 0.6 is 0 Å². The van der Waals surface area contributed by atoms with Crippen molar-refractivity contribution in [3.63, 3.8) is 0 Å². The minimum atomic E-state index is -0.698. The molecule has 13 rings (SSSR count). The van der Waals surface area contributed by atoms with E-state index in [-0.39, 0.29) is 0 Å². The monoisotopic (exact) mass is 586 g/mol. The van der Waals surface area contributed by atoms with E-state index in [0.29, 0.717) is 0 Å². The molecule has 0 fully saturated rings. The van der Waals surface area contributed by atoms with Gasteiger partial charge in [0.2, 0.25) is 0 Å². The molecule has 3 aliphatic rings. The second-order valence-electron chi connectivity index (χ2n) is 13.0. The summed E-state index contributed by atoms with van der Waals surface area (Å²) >= 11 is 0. The number of fused-ring (bicyclic) bond motifs is 12. The van der Waals surface area contributed by atoms with E-state index in [1.54, 1.807) is 0 Å². The average molecular weight is 587 g/mol. The van der Waals surface area contributed by atoms with Crippen LogP contribution < -0.4 is 13.9 Å². The number of para-hydroxylation sites is 3. The zero-order chi connectivity index (χ0) is 29.5. The summed E-state index contributed by atoms with van der Waals surface area (Å²) in [4.78, 5) is 0. The molecule has 0 aliphatic carbocycles. The Kier molecular flexibility index (Phi) is 3.41. The highest BCUT2D eigenvalue weighted by Crippen LogP contribution is 2.57. The summed E-state index contributed by atoms with van der Waals surface area (Å²) in [5.74, 6) is 2.97. The molecule has 3 aliphatic heterocycles. The van der Waals surface area contributed by atoms with Crippen LogP contribution in [0.5, 0.6) is 11.5 Å². The highest BCUT2D eigenvalue weighted by atomic mass is 16.5. The fourth-order valence-electron chi connectivity index (χ4n) is 9.47. The van der Waals surface area contributed by atoms with E-state index in [2.05, 4.69) is 152 Å². The summed E-state index contributed by atoms with van der Waals surface area (Å²) in [5.41, 5.74) is 8.95. The second kappa shape index (κ2) is 7.03. The molecule has 1 atom stereocenters. The normalized spacial score (nSPS) is 17.0. The molecule has 0 bridgehead atoms. The van der Waals surface area contributed by atoms with Gasteiger partial charge in [0.15, 0.2) is 16.6 Å². The number of hydrogen-bond donors (Lipinski definition) is 0. The first-order chi connectivity index (χ1) is 22.8. The van der Waals surface area contributed by atoms with Gasteiger partial charge in [0.25, 0.3) is 5.82 Å². The van der Waals surface area contributed by atoms with Gasteiger partial charge in [-0.05, 0) is 77.5 Å². The lowest BCUT2D eigenvalue weighted by Gasteiger charge is -2.36. The Labute approximate surface area is 260 Å². The quantitative estimate of drug-likeness (QED) is 0.0999. The number of hydrogen-bond acceptors (Lipinski definition) is 1. The number of imidazole rings is 1. The summed E-state index contributed by atoms with van der Waals surface area (Å²) in [5, 5.41) is 8.75. The third-order valence-corrected chi connectivity index (χ3v) is 11.0. The van der Waals surface area contributed by atoms with Crippen molar-refractivity contribution in [3.8, 4) is 17.3 Å². The standard InChI is InChI=1S/C41H22N4O/c1-2-10-24-22-32-28(21-23(24)9-1)26-16-18-33-37-36(26)40-43(32)30-13-5-6-14-31(30)45(40)41(37)38-34(46-33)19-17-27-25-11-3-4-12-29(25)44(39(27)38)35-15-7-8-20-42(35)41/h1-22H/q+2. The summed E-state index contributed by atoms with van der Waals surface area (Å²) in [6.07, 6.45) is 2.27. The molecule has 5 nitrogen and oxygen atoms in total. The van der Waals surface area contributed by atoms with Crippen molar-refractivity contribution in [3.05, 3.63) is 145 Å². The van der Waals surface area contributed by atoms with E-state index in [9.17, 15) is 0 Å². The van der Waals surface area contributed by atoms with Crippen molar-refractivity contribution < 1.29 is 13.9 Å². The zero-order valence-electron chi connectivity index (χ0n) is 24.4. The fourth-order valence-corrected chi connectivity index (χ4v) is 9.47. The molecule has 0 radical (unpaired) electrons. The minimum Gasteiger partial charge on any atom is -0.456 e. The minimum absolute atomic E-state index is 0.698. The van der Waals surface area contributed by atoms with Gasteiger partial charge < -0.3 is 4.74 Å². The van der Waals surface area contributed by atoms with Crippen LogP contribution in [0, 0.1) is 0 Å². The highest BCUT2D eigenvalue weighted by Gasteiger charge is 2.65. The molecule has 6 aromatic carbocycles. The van der Waals surface area contributed by atoms with Gasteiger partial charge >= 0.3 is 11.3 Å². The number of nitrogens with zero attached hydrogens (tertiary/aromatic N) is 4. The molecule has 210 valence electrons. The largest absolute Gasteiger partial charge is 0.456 e. The highest BCUT2D eigenvalue weighted by molar-refractivity contribution is 6.19. The molecule has 1 unspecified atom stereocenters. The van der Waals surface area contributed by atoms with E-state index >= 15 is 0 Å². The molecule has 0 N–H and O–H groups in total. The second-order valence-corrected chi connectivity index (χ2v) is 13.0. The van der Waals surface area contributed by atoms with Crippen LogP contribution in [0.15, 0.2) is 134 Å². The summed E-state index contributed by atoms with van der Waals surface area (Å²) in [6, 6.07) is 46.7. The number of rotatable bonds is 0. The van der Waals surface area contributed by atoms with Crippen LogP contribution in [0.25, 0.3) is 76.8 Å². The third-order valence-electron chi connectivity index (χ3n) is 11.0. The number of ether oxygens (including phenoxy) is 1. The van der Waals surface area contributed by atoms with E-state index in [1.165, 1.54) is 82.1 Å². The smallest absolute Gasteiger partial charge is 0.319 e. The Balaban J connectivity index is 1.39. The molecule has 7 heterocycles. The van der Waals surface area contributed by atoms with Crippen LogP contribution in [-0.2, 0) is 5.66 Å². The lowest BCUT2D eigenvalue weighted by atomic mass is 9.83. The van der Waals surface area contributed by atoms with Crippen LogP contribution in [0.4, 0.5) is 0 Å². The van der Waals surface area contributed by atoms with Crippen molar-refractivity contribution in [2.45, 2.75) is 5.66 Å². The molecule has 46 heavy (non-hydrogen) atoms. The number of benzene rings is 6. The Morgan fingerprint density at radius 2 is 1.30 bits per heavy atom. The van der Waals surface area contributed by atoms with Gasteiger partial charge in [0.1, 0.15) is 33.7 Å². The maximum atomic E-state index is 6.98. The molecular weight excluding hydrogens is 564 g/mol. The van der Waals surface area contributed by atoms with Gasteiger partial charge in [0, 0.05) is 27.6 Å². The zero-order valence-corrected chi connectivity index (χ0v) is 24.4. The van der Waals surface area contributed by atoms with Crippen LogP contribution in [0.3, 0.4) is 0 Å². The topological polar surface area (TPSA) is 26.3 Å². The Hall–Kier alpha value is -6.20. The number of aromatic nitrogens is 4. The molecule has 0 saturated heterocycles. The summed E-state index contributed by atoms with van der Waals surface area (Å²) < 4.78 is 17.1. The van der Waals surface area contributed by atoms with Gasteiger partial charge in [-0.3, -0.25) is 0 Å². The molecule has 10 aromatic rings. The Bertz CT molecular complexity index is 3130. The van der Waals surface area contributed by atoms with Crippen LogP contribution in [0.2, 0.25) is 0 Å². The summed E-state index contributed by atoms with van der Waals surface area (Å²) in [7, 11) is 0. The van der Waals surface area contributed by atoms with E-state index in [0.717, 1.165) is 17.3 Å². The van der Waals surface area contributed by atoms with E-state index in [1.807, 2.05) is 0 Å². The lowest BCUT2D eigenvalue weighted by Crippen LogP contribution is -2.75. The molecule has 0 saturated carbocycles. The predicted molar refractivity (Wildman–Crippen MR) is 180 cm³/mol. The van der Waals surface area contributed by atoms with Crippen molar-refractivity contribution in [2.75, 3.05) is 0 Å². The van der Waals surface area contributed by atoms with E-state index in [4.69, 9.17) is 4.74 Å². The van der Waals surface area contributed by atoms with Crippen molar-refractivity contribution in [1.82, 2.24) is 8.97 Å². The third kappa shape index (κ3) is 2.11. The molecule has 0 amide bonds. The van der Waals surface area contributed by atoms with Crippen LogP contribution in [0.1, 0.15) is 11.1 Å². The van der Waals surface area contributed by atoms with Gasteiger partial charge in [0.05, 0.1) is 11.6 Å². The molecule has 1 spiro atoms. The van der Waals surface area contributed by atoms with E-state index < -0.39 is 5.66 Å². The van der Waals surface area contributed by atoms with Gasteiger partial charge in [-0.2, -0.15) is 18.1 Å². The first-order valence-corrected chi connectivity index (χ1v) is 15.9.